The minimum Gasteiger partial charge on any atom is -0.465 e. The number of esters is 1. The van der Waals surface area contributed by atoms with E-state index in [0.717, 1.165) is 0 Å². The summed E-state index contributed by atoms with van der Waals surface area (Å²) in [7, 11) is 1.31. The van der Waals surface area contributed by atoms with E-state index < -0.39 is 17.7 Å². The highest BCUT2D eigenvalue weighted by atomic mass is 19.1. The average Bonchev–Trinajstić information content (AvgIpc) is 2.67. The SMILES string of the molecule is COC(=O)c1ccc(Nc2nc(C)cc(C(=O)Nc3cccc(F)c3)n2)cc1. The topological polar surface area (TPSA) is 93.2 Å². The Kier molecular flexibility index (Phi) is 5.59. The number of nitrogens with one attached hydrogen (secondary N) is 2. The summed E-state index contributed by atoms with van der Waals surface area (Å²) in [6.07, 6.45) is 0. The third-order valence-corrected chi connectivity index (χ3v) is 3.73. The van der Waals surface area contributed by atoms with E-state index in [0.29, 0.717) is 22.6 Å². The van der Waals surface area contributed by atoms with Crippen LogP contribution < -0.4 is 10.6 Å². The number of methoxy groups -OCH3 is 1. The van der Waals surface area contributed by atoms with Gasteiger partial charge in [0.2, 0.25) is 5.95 Å². The van der Waals surface area contributed by atoms with E-state index in [2.05, 4.69) is 25.3 Å². The van der Waals surface area contributed by atoms with Crippen LogP contribution in [0.4, 0.5) is 21.7 Å². The Bertz CT molecular complexity index is 1020. The summed E-state index contributed by atoms with van der Waals surface area (Å²) in [5.41, 5.74) is 2.08. The number of carbonyl (C=O) groups is 2. The number of halogens is 1. The van der Waals surface area contributed by atoms with Gasteiger partial charge in [-0.25, -0.2) is 19.2 Å². The fraction of sp³-hybridized carbons (Fsp3) is 0.100. The van der Waals surface area contributed by atoms with Gasteiger partial charge in [-0.1, -0.05) is 6.07 Å². The third kappa shape index (κ3) is 4.67. The van der Waals surface area contributed by atoms with Crippen LogP contribution in [0.2, 0.25) is 0 Å². The Morgan fingerprint density at radius 2 is 1.75 bits per heavy atom. The lowest BCUT2D eigenvalue weighted by molar-refractivity contribution is 0.0600. The summed E-state index contributed by atoms with van der Waals surface area (Å²) >= 11 is 0. The Balaban J connectivity index is 1.77. The fourth-order valence-corrected chi connectivity index (χ4v) is 2.44. The second-order valence-corrected chi connectivity index (χ2v) is 5.88. The number of aryl methyl sites for hydroxylation is 1. The first-order valence-corrected chi connectivity index (χ1v) is 8.32. The molecule has 3 aromatic rings. The maximum absolute atomic E-state index is 13.3. The second kappa shape index (κ2) is 8.26. The lowest BCUT2D eigenvalue weighted by Crippen LogP contribution is -2.15. The number of benzene rings is 2. The van der Waals surface area contributed by atoms with Crippen molar-refractivity contribution in [1.29, 1.82) is 0 Å². The van der Waals surface area contributed by atoms with Crippen molar-refractivity contribution < 1.29 is 18.7 Å². The molecule has 0 aliphatic heterocycles. The van der Waals surface area contributed by atoms with Crippen LogP contribution in [0, 0.1) is 12.7 Å². The molecule has 142 valence electrons. The van der Waals surface area contributed by atoms with E-state index in [1.54, 1.807) is 37.3 Å². The standard InChI is InChI=1S/C20H17FN4O3/c1-12-10-17(18(26)23-16-5-3-4-14(21)11-16)25-20(22-12)24-15-8-6-13(7-9-15)19(27)28-2/h3-11H,1-2H3,(H,23,26)(H,22,24,25). The molecular formula is C20H17FN4O3. The highest BCUT2D eigenvalue weighted by Gasteiger charge is 2.12. The zero-order valence-corrected chi connectivity index (χ0v) is 15.2. The van der Waals surface area contributed by atoms with Crippen LogP contribution in [0.25, 0.3) is 0 Å². The molecule has 1 amide bonds. The van der Waals surface area contributed by atoms with Gasteiger partial charge in [0.25, 0.3) is 5.91 Å². The van der Waals surface area contributed by atoms with Gasteiger partial charge in [0.1, 0.15) is 11.5 Å². The van der Waals surface area contributed by atoms with Crippen LogP contribution in [0.5, 0.6) is 0 Å². The molecule has 8 heteroatoms. The van der Waals surface area contributed by atoms with Gasteiger partial charge >= 0.3 is 5.97 Å². The van der Waals surface area contributed by atoms with Crippen molar-refractivity contribution in [2.24, 2.45) is 0 Å². The summed E-state index contributed by atoms with van der Waals surface area (Å²) in [6.45, 7) is 1.73. The van der Waals surface area contributed by atoms with E-state index >= 15 is 0 Å². The second-order valence-electron chi connectivity index (χ2n) is 5.88. The van der Waals surface area contributed by atoms with Crippen molar-refractivity contribution in [2.45, 2.75) is 6.92 Å². The number of ether oxygens (including phenoxy) is 1. The molecule has 0 aliphatic carbocycles. The lowest BCUT2D eigenvalue weighted by atomic mass is 10.2. The third-order valence-electron chi connectivity index (χ3n) is 3.73. The van der Waals surface area contributed by atoms with Crippen LogP contribution in [0.1, 0.15) is 26.5 Å². The molecule has 28 heavy (non-hydrogen) atoms. The summed E-state index contributed by atoms with van der Waals surface area (Å²) in [5, 5.41) is 5.58. The Morgan fingerprint density at radius 3 is 2.43 bits per heavy atom. The number of hydrogen-bond donors (Lipinski definition) is 2. The molecule has 0 atom stereocenters. The summed E-state index contributed by atoms with van der Waals surface area (Å²) in [4.78, 5) is 32.4. The molecule has 2 aromatic carbocycles. The Hall–Kier alpha value is -3.81. The van der Waals surface area contributed by atoms with E-state index in [4.69, 9.17) is 0 Å². The highest BCUT2D eigenvalue weighted by molar-refractivity contribution is 6.03. The molecule has 7 nitrogen and oxygen atoms in total. The predicted octanol–water partition coefficient (Wildman–Crippen LogP) is 3.71. The van der Waals surface area contributed by atoms with Gasteiger partial charge in [0.15, 0.2) is 0 Å². The monoisotopic (exact) mass is 380 g/mol. The number of rotatable bonds is 5. The van der Waals surface area contributed by atoms with E-state index in [1.807, 2.05) is 0 Å². The minimum atomic E-state index is -0.486. The van der Waals surface area contributed by atoms with E-state index in [-0.39, 0.29) is 11.6 Å². The van der Waals surface area contributed by atoms with Crippen LogP contribution in [0.3, 0.4) is 0 Å². The van der Waals surface area contributed by atoms with Crippen molar-refractivity contribution >= 4 is 29.2 Å². The molecule has 2 N–H and O–H groups in total. The van der Waals surface area contributed by atoms with Crippen molar-refractivity contribution in [2.75, 3.05) is 17.7 Å². The number of anilines is 3. The molecule has 1 aromatic heterocycles. The predicted molar refractivity (Wildman–Crippen MR) is 102 cm³/mol. The van der Waals surface area contributed by atoms with Gasteiger partial charge in [0.05, 0.1) is 12.7 Å². The molecule has 0 aliphatic rings. The number of nitrogens with zero attached hydrogens (tertiary/aromatic N) is 2. The first-order chi connectivity index (χ1) is 13.4. The van der Waals surface area contributed by atoms with Crippen LogP contribution in [-0.4, -0.2) is 29.0 Å². The Morgan fingerprint density at radius 1 is 1.00 bits per heavy atom. The maximum Gasteiger partial charge on any atom is 0.337 e. The van der Waals surface area contributed by atoms with Gasteiger partial charge < -0.3 is 15.4 Å². The average molecular weight is 380 g/mol. The van der Waals surface area contributed by atoms with Crippen molar-refractivity contribution in [3.63, 3.8) is 0 Å². The zero-order chi connectivity index (χ0) is 20.1. The molecule has 3 rings (SSSR count). The molecule has 0 radical (unpaired) electrons. The fourth-order valence-electron chi connectivity index (χ4n) is 2.44. The molecular weight excluding hydrogens is 363 g/mol. The van der Waals surface area contributed by atoms with E-state index in [9.17, 15) is 14.0 Å². The van der Waals surface area contributed by atoms with E-state index in [1.165, 1.54) is 31.4 Å². The van der Waals surface area contributed by atoms with Gasteiger partial charge in [-0.2, -0.15) is 0 Å². The lowest BCUT2D eigenvalue weighted by Gasteiger charge is -2.09. The molecule has 0 saturated carbocycles. The van der Waals surface area contributed by atoms with Gasteiger partial charge in [-0.3, -0.25) is 4.79 Å². The quantitative estimate of drug-likeness (QED) is 0.656. The molecule has 0 saturated heterocycles. The summed E-state index contributed by atoms with van der Waals surface area (Å²) in [5.74, 6) is -1.15. The van der Waals surface area contributed by atoms with Gasteiger partial charge in [-0.05, 0) is 55.5 Å². The number of hydrogen-bond acceptors (Lipinski definition) is 6. The molecule has 0 unspecified atom stereocenters. The number of amides is 1. The minimum absolute atomic E-state index is 0.130. The van der Waals surface area contributed by atoms with Crippen molar-refractivity contribution in [3.8, 4) is 0 Å². The van der Waals surface area contributed by atoms with Crippen LogP contribution in [-0.2, 0) is 4.74 Å². The first kappa shape index (κ1) is 19.0. The molecule has 1 heterocycles. The summed E-state index contributed by atoms with van der Waals surface area (Å²) < 4.78 is 17.9. The largest absolute Gasteiger partial charge is 0.465 e. The smallest absolute Gasteiger partial charge is 0.337 e. The first-order valence-electron chi connectivity index (χ1n) is 8.32. The van der Waals surface area contributed by atoms with Gasteiger partial charge in [-0.15, -0.1) is 0 Å². The van der Waals surface area contributed by atoms with Gasteiger partial charge in [0, 0.05) is 17.1 Å². The van der Waals surface area contributed by atoms with Crippen molar-refractivity contribution in [1.82, 2.24) is 9.97 Å². The van der Waals surface area contributed by atoms with Crippen LogP contribution in [0.15, 0.2) is 54.6 Å². The highest BCUT2D eigenvalue weighted by Crippen LogP contribution is 2.16. The normalized spacial score (nSPS) is 10.2. The van der Waals surface area contributed by atoms with Crippen LogP contribution >= 0.6 is 0 Å². The Labute approximate surface area is 160 Å². The number of aromatic nitrogens is 2. The maximum atomic E-state index is 13.3. The molecule has 0 bridgehead atoms. The number of carbonyl (C=O) groups excluding carboxylic acids is 2. The molecule has 0 spiro atoms. The zero-order valence-electron chi connectivity index (χ0n) is 15.2. The van der Waals surface area contributed by atoms with Crippen molar-refractivity contribution in [3.05, 3.63) is 77.4 Å². The molecule has 0 fully saturated rings. The summed E-state index contributed by atoms with van der Waals surface area (Å²) in [6, 6.07) is 13.7.